The van der Waals surface area contributed by atoms with E-state index >= 15 is 0 Å². The molecule has 1 amide bonds. The molecule has 128 valence electrons. The predicted octanol–water partition coefficient (Wildman–Crippen LogP) is 3.68. The summed E-state index contributed by atoms with van der Waals surface area (Å²) in [7, 11) is 0. The SMILES string of the molecule is Cc1cccc(Cc2sc(NC(=O)CCC3CCNC3)nc2C)c1. The molecule has 2 N–H and O–H groups in total. The van der Waals surface area contributed by atoms with E-state index in [9.17, 15) is 4.79 Å². The van der Waals surface area contributed by atoms with Crippen molar-refractivity contribution in [3.05, 3.63) is 46.0 Å². The van der Waals surface area contributed by atoms with E-state index in [1.165, 1.54) is 22.4 Å². The molecule has 2 aromatic rings. The first-order valence-corrected chi connectivity index (χ1v) is 9.44. The maximum absolute atomic E-state index is 12.1. The molecule has 2 heterocycles. The van der Waals surface area contributed by atoms with Gasteiger partial charge in [-0.25, -0.2) is 4.98 Å². The third kappa shape index (κ3) is 4.65. The first-order valence-electron chi connectivity index (χ1n) is 8.62. The smallest absolute Gasteiger partial charge is 0.226 e. The summed E-state index contributed by atoms with van der Waals surface area (Å²) in [6.07, 6.45) is 3.59. The number of rotatable bonds is 6. The van der Waals surface area contributed by atoms with Crippen molar-refractivity contribution in [2.24, 2.45) is 5.92 Å². The van der Waals surface area contributed by atoms with E-state index in [0.717, 1.165) is 36.8 Å². The fourth-order valence-electron chi connectivity index (χ4n) is 3.13. The number of aryl methyl sites for hydroxylation is 2. The van der Waals surface area contributed by atoms with Gasteiger partial charge in [0.1, 0.15) is 0 Å². The van der Waals surface area contributed by atoms with Crippen molar-refractivity contribution in [1.82, 2.24) is 10.3 Å². The second-order valence-corrected chi connectivity index (χ2v) is 7.72. The summed E-state index contributed by atoms with van der Waals surface area (Å²) in [4.78, 5) is 17.9. The monoisotopic (exact) mass is 343 g/mol. The van der Waals surface area contributed by atoms with E-state index < -0.39 is 0 Å². The summed E-state index contributed by atoms with van der Waals surface area (Å²) in [5.74, 6) is 0.725. The topological polar surface area (TPSA) is 54.0 Å². The number of amides is 1. The van der Waals surface area contributed by atoms with Gasteiger partial charge in [0.15, 0.2) is 5.13 Å². The Labute approximate surface area is 147 Å². The highest BCUT2D eigenvalue weighted by Gasteiger charge is 2.16. The Bertz CT molecular complexity index is 704. The number of benzene rings is 1. The van der Waals surface area contributed by atoms with Crippen LogP contribution in [0.4, 0.5) is 5.13 Å². The van der Waals surface area contributed by atoms with Gasteiger partial charge in [0, 0.05) is 17.7 Å². The van der Waals surface area contributed by atoms with Gasteiger partial charge in [-0.1, -0.05) is 29.8 Å². The van der Waals surface area contributed by atoms with E-state index in [0.29, 0.717) is 12.3 Å². The highest BCUT2D eigenvalue weighted by molar-refractivity contribution is 7.15. The van der Waals surface area contributed by atoms with Crippen LogP contribution in [0.1, 0.15) is 41.0 Å². The van der Waals surface area contributed by atoms with Crippen LogP contribution in [-0.2, 0) is 11.2 Å². The fraction of sp³-hybridized carbons (Fsp3) is 0.474. The normalized spacial score (nSPS) is 17.2. The van der Waals surface area contributed by atoms with Crippen LogP contribution >= 0.6 is 11.3 Å². The lowest BCUT2D eigenvalue weighted by Gasteiger charge is -2.06. The molecule has 5 heteroatoms. The molecule has 1 aliphatic heterocycles. The number of aromatic nitrogens is 1. The van der Waals surface area contributed by atoms with Crippen LogP contribution in [0.3, 0.4) is 0 Å². The highest BCUT2D eigenvalue weighted by Crippen LogP contribution is 2.26. The Morgan fingerprint density at radius 1 is 1.42 bits per heavy atom. The Kier molecular flexibility index (Phi) is 5.63. The number of carbonyl (C=O) groups excluding carboxylic acids is 1. The van der Waals surface area contributed by atoms with Crippen LogP contribution in [0.25, 0.3) is 0 Å². The molecule has 3 rings (SSSR count). The van der Waals surface area contributed by atoms with Crippen LogP contribution in [0.15, 0.2) is 24.3 Å². The van der Waals surface area contributed by atoms with Crippen LogP contribution in [0.2, 0.25) is 0 Å². The first-order chi connectivity index (χ1) is 11.6. The van der Waals surface area contributed by atoms with Gasteiger partial charge in [-0.05, 0) is 51.3 Å². The number of nitrogens with zero attached hydrogens (tertiary/aromatic N) is 1. The maximum Gasteiger partial charge on any atom is 0.226 e. The van der Waals surface area contributed by atoms with Crippen molar-refractivity contribution in [3.63, 3.8) is 0 Å². The average Bonchev–Trinajstić information content (AvgIpc) is 3.16. The first kappa shape index (κ1) is 17.1. The van der Waals surface area contributed by atoms with E-state index in [2.05, 4.69) is 46.8 Å². The summed E-state index contributed by atoms with van der Waals surface area (Å²) in [5.41, 5.74) is 3.56. The van der Waals surface area contributed by atoms with Crippen molar-refractivity contribution in [3.8, 4) is 0 Å². The molecule has 1 aromatic heterocycles. The zero-order valence-corrected chi connectivity index (χ0v) is 15.2. The lowest BCUT2D eigenvalue weighted by atomic mass is 10.0. The molecular weight excluding hydrogens is 318 g/mol. The van der Waals surface area contributed by atoms with Gasteiger partial charge in [0.05, 0.1) is 5.69 Å². The quantitative estimate of drug-likeness (QED) is 0.841. The van der Waals surface area contributed by atoms with Crippen molar-refractivity contribution in [1.29, 1.82) is 0 Å². The van der Waals surface area contributed by atoms with E-state index in [1.807, 2.05) is 6.92 Å². The third-order valence-electron chi connectivity index (χ3n) is 4.53. The Morgan fingerprint density at radius 3 is 3.04 bits per heavy atom. The van der Waals surface area contributed by atoms with E-state index in [1.54, 1.807) is 11.3 Å². The Balaban J connectivity index is 1.56. The lowest BCUT2D eigenvalue weighted by Crippen LogP contribution is -2.14. The summed E-state index contributed by atoms with van der Waals surface area (Å²) in [5, 5.41) is 7.04. The number of anilines is 1. The summed E-state index contributed by atoms with van der Waals surface area (Å²) >= 11 is 1.59. The minimum Gasteiger partial charge on any atom is -0.316 e. The molecule has 1 unspecified atom stereocenters. The third-order valence-corrected chi connectivity index (χ3v) is 5.60. The summed E-state index contributed by atoms with van der Waals surface area (Å²) < 4.78 is 0. The Morgan fingerprint density at radius 2 is 2.29 bits per heavy atom. The molecule has 1 aliphatic rings. The van der Waals surface area contributed by atoms with Crippen LogP contribution in [0.5, 0.6) is 0 Å². The molecule has 0 saturated carbocycles. The lowest BCUT2D eigenvalue weighted by molar-refractivity contribution is -0.116. The molecular formula is C19H25N3OS. The van der Waals surface area contributed by atoms with Crippen molar-refractivity contribution in [2.45, 2.75) is 39.5 Å². The summed E-state index contributed by atoms with van der Waals surface area (Å²) in [6, 6.07) is 8.53. The number of hydrogen-bond donors (Lipinski definition) is 2. The number of nitrogens with one attached hydrogen (secondary N) is 2. The number of carbonyl (C=O) groups is 1. The van der Waals surface area contributed by atoms with Gasteiger partial charge in [-0.3, -0.25) is 4.79 Å². The van der Waals surface area contributed by atoms with Crippen LogP contribution < -0.4 is 10.6 Å². The van der Waals surface area contributed by atoms with Gasteiger partial charge in [-0.15, -0.1) is 11.3 Å². The molecule has 0 aliphatic carbocycles. The van der Waals surface area contributed by atoms with Gasteiger partial charge in [-0.2, -0.15) is 0 Å². The van der Waals surface area contributed by atoms with E-state index in [-0.39, 0.29) is 5.91 Å². The van der Waals surface area contributed by atoms with Gasteiger partial charge in [0.25, 0.3) is 0 Å². The number of thiazole rings is 1. The highest BCUT2D eigenvalue weighted by atomic mass is 32.1. The van der Waals surface area contributed by atoms with Crippen LogP contribution in [-0.4, -0.2) is 24.0 Å². The van der Waals surface area contributed by atoms with Crippen LogP contribution in [0, 0.1) is 19.8 Å². The minimum absolute atomic E-state index is 0.0813. The summed E-state index contributed by atoms with van der Waals surface area (Å²) in [6.45, 7) is 6.25. The second kappa shape index (κ2) is 7.90. The fourth-order valence-corrected chi connectivity index (χ4v) is 4.14. The average molecular weight is 343 g/mol. The van der Waals surface area contributed by atoms with Crippen molar-refractivity contribution in [2.75, 3.05) is 18.4 Å². The molecule has 24 heavy (non-hydrogen) atoms. The molecule has 0 bridgehead atoms. The molecule has 1 atom stereocenters. The molecule has 1 aromatic carbocycles. The van der Waals surface area contributed by atoms with Crippen molar-refractivity contribution >= 4 is 22.4 Å². The maximum atomic E-state index is 12.1. The largest absolute Gasteiger partial charge is 0.316 e. The van der Waals surface area contributed by atoms with Crippen molar-refractivity contribution < 1.29 is 4.79 Å². The predicted molar refractivity (Wildman–Crippen MR) is 99.7 cm³/mol. The standard InChI is InChI=1S/C19H25N3OS/c1-13-4-3-5-16(10-13)11-17-14(2)21-19(24-17)22-18(23)7-6-15-8-9-20-12-15/h3-5,10,15,20H,6-9,11-12H2,1-2H3,(H,21,22,23). The zero-order chi connectivity index (χ0) is 16.9. The molecule has 1 fully saturated rings. The molecule has 0 spiro atoms. The minimum atomic E-state index is 0.0813. The molecule has 4 nitrogen and oxygen atoms in total. The second-order valence-electron chi connectivity index (χ2n) is 6.64. The van der Waals surface area contributed by atoms with Gasteiger partial charge < -0.3 is 10.6 Å². The van der Waals surface area contributed by atoms with Gasteiger partial charge in [0.2, 0.25) is 5.91 Å². The zero-order valence-electron chi connectivity index (χ0n) is 14.4. The number of hydrogen-bond acceptors (Lipinski definition) is 4. The van der Waals surface area contributed by atoms with Gasteiger partial charge >= 0.3 is 0 Å². The molecule has 1 saturated heterocycles. The van der Waals surface area contributed by atoms with E-state index in [4.69, 9.17) is 0 Å². The Hall–Kier alpha value is -1.72. The molecule has 0 radical (unpaired) electrons.